The Kier molecular flexibility index (Phi) is 6.26. The Morgan fingerprint density at radius 1 is 1.45 bits per heavy atom. The summed E-state index contributed by atoms with van der Waals surface area (Å²) in [5.41, 5.74) is 1.33. The van der Waals surface area contributed by atoms with E-state index in [1.54, 1.807) is 17.6 Å². The Hall–Kier alpha value is -1.14. The number of thiophene rings is 1. The third-order valence-corrected chi connectivity index (χ3v) is 3.69. The van der Waals surface area contributed by atoms with Crippen molar-refractivity contribution < 1.29 is 14.3 Å². The summed E-state index contributed by atoms with van der Waals surface area (Å²) < 4.78 is 10.5. The van der Waals surface area contributed by atoms with Gasteiger partial charge in [-0.3, -0.25) is 0 Å². The minimum absolute atomic E-state index is 0.304. The maximum absolute atomic E-state index is 9.84. The van der Waals surface area contributed by atoms with Gasteiger partial charge < -0.3 is 19.6 Å². The van der Waals surface area contributed by atoms with Gasteiger partial charge in [-0.1, -0.05) is 0 Å². The minimum atomic E-state index is -0.505. The van der Waals surface area contributed by atoms with Crippen LogP contribution >= 0.6 is 11.3 Å². The fourth-order valence-electron chi connectivity index (χ4n) is 1.92. The topological polar surface area (TPSA) is 54.6 Å². The molecule has 0 bridgehead atoms. The lowest BCUT2D eigenvalue weighted by Gasteiger charge is -2.16. The van der Waals surface area contributed by atoms with Crippen molar-refractivity contribution in [2.75, 3.05) is 13.2 Å². The molecule has 2 rings (SSSR count). The number of aliphatic hydroxyl groups is 1. The van der Waals surface area contributed by atoms with Crippen LogP contribution in [0.3, 0.4) is 0 Å². The van der Waals surface area contributed by atoms with Gasteiger partial charge in [0.05, 0.1) is 19.0 Å². The van der Waals surface area contributed by atoms with Crippen molar-refractivity contribution in [2.45, 2.75) is 32.1 Å². The van der Waals surface area contributed by atoms with Gasteiger partial charge >= 0.3 is 0 Å². The van der Waals surface area contributed by atoms with Gasteiger partial charge in [0, 0.05) is 12.6 Å². The van der Waals surface area contributed by atoms with Crippen LogP contribution in [0.1, 0.15) is 18.2 Å². The van der Waals surface area contributed by atoms with E-state index in [0.29, 0.717) is 25.8 Å². The molecule has 2 aromatic heterocycles. The Morgan fingerprint density at radius 2 is 2.35 bits per heavy atom. The van der Waals surface area contributed by atoms with Gasteiger partial charge in [0.1, 0.15) is 12.4 Å². The van der Waals surface area contributed by atoms with Crippen molar-refractivity contribution in [2.24, 2.45) is 0 Å². The second kappa shape index (κ2) is 8.21. The summed E-state index contributed by atoms with van der Waals surface area (Å²) in [6, 6.07) is 6.14. The van der Waals surface area contributed by atoms with Gasteiger partial charge in [-0.2, -0.15) is 11.3 Å². The maximum Gasteiger partial charge on any atom is 0.129 e. The van der Waals surface area contributed by atoms with Gasteiger partial charge in [-0.25, -0.2) is 0 Å². The van der Waals surface area contributed by atoms with Gasteiger partial charge in [-0.15, -0.1) is 0 Å². The molecule has 2 heterocycles. The predicted octanol–water partition coefficient (Wildman–Crippen LogP) is 2.44. The molecule has 4 nitrogen and oxygen atoms in total. The zero-order valence-corrected chi connectivity index (χ0v) is 12.4. The van der Waals surface area contributed by atoms with E-state index in [1.807, 2.05) is 12.1 Å². The summed E-state index contributed by atoms with van der Waals surface area (Å²) in [5, 5.41) is 17.4. The van der Waals surface area contributed by atoms with Crippen LogP contribution in [-0.4, -0.2) is 30.4 Å². The van der Waals surface area contributed by atoms with Crippen LogP contribution in [0.5, 0.6) is 0 Å². The Labute approximate surface area is 123 Å². The number of hydrogen-bond donors (Lipinski definition) is 2. The molecular weight excluding hydrogens is 274 g/mol. The molecular formula is C15H21NO3S. The third kappa shape index (κ3) is 5.46. The van der Waals surface area contributed by atoms with E-state index < -0.39 is 6.10 Å². The molecule has 0 amide bonds. The smallest absolute Gasteiger partial charge is 0.129 e. The van der Waals surface area contributed by atoms with Crippen molar-refractivity contribution in [1.29, 1.82) is 0 Å². The van der Waals surface area contributed by atoms with Crippen LogP contribution in [0.4, 0.5) is 0 Å². The first kappa shape index (κ1) is 15.3. The van der Waals surface area contributed by atoms with Crippen LogP contribution < -0.4 is 5.32 Å². The highest BCUT2D eigenvalue weighted by Gasteiger charge is 2.08. The Balaban J connectivity index is 1.56. The molecule has 2 atom stereocenters. The van der Waals surface area contributed by atoms with Gasteiger partial charge in [0.15, 0.2) is 0 Å². The van der Waals surface area contributed by atoms with E-state index in [1.165, 1.54) is 5.56 Å². The van der Waals surface area contributed by atoms with Crippen molar-refractivity contribution in [1.82, 2.24) is 5.32 Å². The first-order valence-electron chi connectivity index (χ1n) is 6.76. The van der Waals surface area contributed by atoms with Crippen LogP contribution in [-0.2, 0) is 17.8 Å². The van der Waals surface area contributed by atoms with Gasteiger partial charge in [-0.05, 0) is 47.9 Å². The molecule has 110 valence electrons. The van der Waals surface area contributed by atoms with E-state index in [9.17, 15) is 5.11 Å². The van der Waals surface area contributed by atoms with Crippen LogP contribution in [0.15, 0.2) is 39.6 Å². The number of furan rings is 1. The summed E-state index contributed by atoms with van der Waals surface area (Å²) >= 11 is 1.71. The molecule has 2 N–H and O–H groups in total. The molecule has 0 saturated heterocycles. The van der Waals surface area contributed by atoms with Crippen LogP contribution in [0.2, 0.25) is 0 Å². The monoisotopic (exact) mass is 295 g/mol. The normalized spacial score (nSPS) is 14.3. The standard InChI is InChI=1S/C15H21NO3S/c1-12(7-13-4-6-20-11-13)16-8-14(17)9-18-10-15-3-2-5-19-15/h2-6,11-12,14,16-17H,7-10H2,1H3. The van der Waals surface area contributed by atoms with E-state index >= 15 is 0 Å². The van der Waals surface area contributed by atoms with Crippen LogP contribution in [0.25, 0.3) is 0 Å². The average Bonchev–Trinajstić information content (AvgIpc) is 3.09. The maximum atomic E-state index is 9.84. The average molecular weight is 295 g/mol. The fraction of sp³-hybridized carbons (Fsp3) is 0.467. The highest BCUT2D eigenvalue weighted by molar-refractivity contribution is 7.07. The Morgan fingerprint density at radius 3 is 3.05 bits per heavy atom. The number of hydrogen-bond acceptors (Lipinski definition) is 5. The molecule has 0 aliphatic rings. The predicted molar refractivity (Wildman–Crippen MR) is 79.9 cm³/mol. The lowest BCUT2D eigenvalue weighted by molar-refractivity contribution is 0.0217. The molecule has 0 aliphatic carbocycles. The summed E-state index contributed by atoms with van der Waals surface area (Å²) in [6.07, 6.45) is 2.08. The van der Waals surface area contributed by atoms with Crippen LogP contribution in [0, 0.1) is 0 Å². The van der Waals surface area contributed by atoms with E-state index in [-0.39, 0.29) is 0 Å². The second-order valence-corrected chi connectivity index (χ2v) is 5.67. The number of rotatable bonds is 9. The molecule has 2 aromatic rings. The summed E-state index contributed by atoms with van der Waals surface area (Å²) in [4.78, 5) is 0. The van der Waals surface area contributed by atoms with Crippen molar-refractivity contribution >= 4 is 11.3 Å². The highest BCUT2D eigenvalue weighted by atomic mass is 32.1. The van der Waals surface area contributed by atoms with Crippen molar-refractivity contribution in [3.05, 3.63) is 46.5 Å². The SMILES string of the molecule is CC(Cc1ccsc1)NCC(O)COCc1ccco1. The molecule has 0 aromatic carbocycles. The van der Waals surface area contributed by atoms with Crippen molar-refractivity contribution in [3.63, 3.8) is 0 Å². The number of aliphatic hydroxyl groups excluding tert-OH is 1. The van der Waals surface area contributed by atoms with E-state index in [2.05, 4.69) is 29.1 Å². The minimum Gasteiger partial charge on any atom is -0.467 e. The van der Waals surface area contributed by atoms with Gasteiger partial charge in [0.2, 0.25) is 0 Å². The summed E-state index contributed by atoms with van der Waals surface area (Å²) in [7, 11) is 0. The lowest BCUT2D eigenvalue weighted by atomic mass is 10.1. The molecule has 0 saturated carbocycles. The number of ether oxygens (including phenoxy) is 1. The summed E-state index contributed by atoms with van der Waals surface area (Å²) in [5.74, 6) is 0.774. The van der Waals surface area contributed by atoms with E-state index in [4.69, 9.17) is 9.15 Å². The molecule has 20 heavy (non-hydrogen) atoms. The zero-order valence-electron chi connectivity index (χ0n) is 11.6. The largest absolute Gasteiger partial charge is 0.467 e. The molecule has 0 aliphatic heterocycles. The number of nitrogens with one attached hydrogen (secondary N) is 1. The highest BCUT2D eigenvalue weighted by Crippen LogP contribution is 2.08. The molecule has 0 fully saturated rings. The Bertz CT molecular complexity index is 455. The van der Waals surface area contributed by atoms with E-state index in [0.717, 1.165) is 12.2 Å². The second-order valence-electron chi connectivity index (χ2n) is 4.89. The first-order chi connectivity index (χ1) is 9.74. The molecule has 5 heteroatoms. The molecule has 0 spiro atoms. The molecule has 2 unspecified atom stereocenters. The quantitative estimate of drug-likeness (QED) is 0.746. The summed E-state index contributed by atoms with van der Waals surface area (Å²) in [6.45, 7) is 3.35. The third-order valence-electron chi connectivity index (χ3n) is 2.96. The molecule has 0 radical (unpaired) electrons. The van der Waals surface area contributed by atoms with Crippen molar-refractivity contribution in [3.8, 4) is 0 Å². The zero-order chi connectivity index (χ0) is 14.2. The lowest BCUT2D eigenvalue weighted by Crippen LogP contribution is -2.36. The fourth-order valence-corrected chi connectivity index (χ4v) is 2.60. The first-order valence-corrected chi connectivity index (χ1v) is 7.71. The van der Waals surface area contributed by atoms with Gasteiger partial charge in [0.25, 0.3) is 0 Å².